The molecule has 0 aliphatic carbocycles. The second kappa shape index (κ2) is 12.9. The smallest absolute Gasteiger partial charge is 0.272 e. The van der Waals surface area contributed by atoms with E-state index in [0.29, 0.717) is 21.8 Å². The van der Waals surface area contributed by atoms with Gasteiger partial charge in [-0.05, 0) is 72.8 Å². The Morgan fingerprint density at radius 3 is 2.13 bits per heavy atom. The quantitative estimate of drug-likeness (QED) is 0.137. The molecule has 0 unspecified atom stereocenters. The average Bonchev–Trinajstić information content (AvgIpc) is 2.94. The molecule has 4 rings (SSSR count). The molecule has 0 atom stereocenters. The largest absolute Gasteiger partial charge is 0.321 e. The molecule has 190 valence electrons. The Labute approximate surface area is 228 Å². The molecule has 4 aromatic carbocycles. The van der Waals surface area contributed by atoms with Gasteiger partial charge in [-0.15, -0.1) is 11.8 Å². The van der Waals surface area contributed by atoms with Gasteiger partial charge in [0.1, 0.15) is 11.5 Å². The Morgan fingerprint density at radius 2 is 1.45 bits per heavy atom. The number of anilines is 1. The van der Waals surface area contributed by atoms with E-state index >= 15 is 0 Å². The number of thioether (sulfide) groups is 1. The minimum atomic E-state index is -0.615. The van der Waals surface area contributed by atoms with Crippen molar-refractivity contribution in [2.75, 3.05) is 11.1 Å². The molecule has 2 N–H and O–H groups in total. The normalized spacial score (nSPS) is 11.1. The van der Waals surface area contributed by atoms with Crippen molar-refractivity contribution < 1.29 is 18.8 Å². The van der Waals surface area contributed by atoms with Crippen LogP contribution in [0.4, 0.5) is 10.1 Å². The molecule has 0 saturated carbocycles. The maximum atomic E-state index is 14.3. The molecule has 8 heteroatoms. The Kier molecular flexibility index (Phi) is 9.08. The van der Waals surface area contributed by atoms with Gasteiger partial charge in [0, 0.05) is 32.3 Å². The maximum Gasteiger partial charge on any atom is 0.272 e. The van der Waals surface area contributed by atoms with Crippen LogP contribution in [0.1, 0.15) is 26.3 Å². The fourth-order valence-corrected chi connectivity index (χ4v) is 4.31. The number of benzene rings is 4. The molecule has 2 amide bonds. The lowest BCUT2D eigenvalue weighted by Crippen LogP contribution is -2.30. The van der Waals surface area contributed by atoms with Crippen LogP contribution in [-0.2, 0) is 4.79 Å². The summed E-state index contributed by atoms with van der Waals surface area (Å²) in [7, 11) is 0. The summed E-state index contributed by atoms with van der Waals surface area (Å²) in [6, 6.07) is 28.0. The Hall–Kier alpha value is -4.20. The van der Waals surface area contributed by atoms with Gasteiger partial charge in [0.05, 0.1) is 5.75 Å². The van der Waals surface area contributed by atoms with Gasteiger partial charge in [0.25, 0.3) is 11.8 Å². The van der Waals surface area contributed by atoms with Crippen LogP contribution in [0.3, 0.4) is 0 Å². The zero-order chi connectivity index (χ0) is 26.9. The van der Waals surface area contributed by atoms with E-state index in [2.05, 4.69) is 10.6 Å². The molecule has 4 aromatic rings. The van der Waals surface area contributed by atoms with Crippen molar-refractivity contribution in [3.63, 3.8) is 0 Å². The molecule has 0 radical (unpaired) electrons. The van der Waals surface area contributed by atoms with E-state index in [0.717, 1.165) is 4.90 Å². The molecule has 0 fully saturated rings. The van der Waals surface area contributed by atoms with Gasteiger partial charge in [0.15, 0.2) is 5.78 Å². The zero-order valence-electron chi connectivity index (χ0n) is 20.0. The second-order valence-corrected chi connectivity index (χ2v) is 9.58. The fourth-order valence-electron chi connectivity index (χ4n) is 3.39. The van der Waals surface area contributed by atoms with E-state index in [1.165, 1.54) is 36.0 Å². The zero-order valence-corrected chi connectivity index (χ0v) is 21.6. The van der Waals surface area contributed by atoms with Gasteiger partial charge in [-0.2, -0.15) is 0 Å². The maximum absolute atomic E-state index is 14.3. The highest BCUT2D eigenvalue weighted by Crippen LogP contribution is 2.22. The van der Waals surface area contributed by atoms with Gasteiger partial charge in [-0.3, -0.25) is 14.4 Å². The van der Waals surface area contributed by atoms with Crippen LogP contribution in [0.2, 0.25) is 5.02 Å². The van der Waals surface area contributed by atoms with Crippen molar-refractivity contribution >= 4 is 52.7 Å². The van der Waals surface area contributed by atoms with Crippen LogP contribution < -0.4 is 10.6 Å². The number of carbonyl (C=O) groups is 3. The van der Waals surface area contributed by atoms with Crippen LogP contribution in [-0.4, -0.2) is 23.4 Å². The van der Waals surface area contributed by atoms with Crippen molar-refractivity contribution in [2.24, 2.45) is 0 Å². The minimum absolute atomic E-state index is 0.0267. The van der Waals surface area contributed by atoms with Crippen LogP contribution in [0.15, 0.2) is 114 Å². The van der Waals surface area contributed by atoms with Gasteiger partial charge in [-0.25, -0.2) is 4.39 Å². The topological polar surface area (TPSA) is 75.3 Å². The number of ketones is 1. The highest BCUT2D eigenvalue weighted by Gasteiger charge is 2.16. The first kappa shape index (κ1) is 26.9. The number of halogens is 2. The summed E-state index contributed by atoms with van der Waals surface area (Å²) in [5.41, 5.74) is 1.45. The first-order valence-electron chi connectivity index (χ1n) is 11.5. The SMILES string of the molecule is O=C(Nc1ccc(SCC(=O)c2ccc(Cl)cc2)cc1)/C(=C/c1ccccc1F)NC(=O)c1ccccc1. The van der Waals surface area contributed by atoms with E-state index in [4.69, 9.17) is 11.6 Å². The molecule has 0 aliphatic rings. The number of amides is 2. The molecule has 0 aromatic heterocycles. The van der Waals surface area contributed by atoms with Crippen LogP contribution >= 0.6 is 23.4 Å². The van der Waals surface area contributed by atoms with Crippen molar-refractivity contribution in [3.05, 3.63) is 136 Å². The van der Waals surface area contributed by atoms with Gasteiger partial charge < -0.3 is 10.6 Å². The van der Waals surface area contributed by atoms with E-state index in [1.807, 2.05) is 0 Å². The molecular weight excluding hydrogens is 523 g/mol. The van der Waals surface area contributed by atoms with Crippen LogP contribution in [0.25, 0.3) is 6.08 Å². The first-order valence-corrected chi connectivity index (χ1v) is 12.9. The number of hydrogen-bond acceptors (Lipinski definition) is 4. The van der Waals surface area contributed by atoms with E-state index in [-0.39, 0.29) is 22.8 Å². The molecule has 5 nitrogen and oxygen atoms in total. The third-order valence-corrected chi connectivity index (χ3v) is 6.65. The summed E-state index contributed by atoms with van der Waals surface area (Å²) in [6.07, 6.45) is 1.29. The highest BCUT2D eigenvalue weighted by atomic mass is 35.5. The lowest BCUT2D eigenvalue weighted by Gasteiger charge is -2.12. The average molecular weight is 545 g/mol. The summed E-state index contributed by atoms with van der Waals surface area (Å²) >= 11 is 7.24. The molecular formula is C30H22ClFN2O3S. The van der Waals surface area contributed by atoms with Crippen LogP contribution in [0, 0.1) is 5.82 Å². The summed E-state index contributed by atoms with van der Waals surface area (Å²) in [5.74, 6) is -1.42. The van der Waals surface area contributed by atoms with Gasteiger partial charge >= 0.3 is 0 Å². The van der Waals surface area contributed by atoms with Crippen molar-refractivity contribution in [3.8, 4) is 0 Å². The first-order chi connectivity index (χ1) is 18.4. The van der Waals surface area contributed by atoms with Crippen molar-refractivity contribution in [1.82, 2.24) is 5.32 Å². The molecule has 0 bridgehead atoms. The summed E-state index contributed by atoms with van der Waals surface area (Å²) in [5, 5.41) is 5.88. The monoisotopic (exact) mass is 544 g/mol. The summed E-state index contributed by atoms with van der Waals surface area (Å²) in [4.78, 5) is 39.0. The number of carbonyl (C=O) groups excluding carboxylic acids is 3. The van der Waals surface area contributed by atoms with Crippen molar-refractivity contribution in [1.29, 1.82) is 0 Å². The lowest BCUT2D eigenvalue weighted by molar-refractivity contribution is -0.113. The van der Waals surface area contributed by atoms with E-state index in [1.54, 1.807) is 84.9 Å². The Balaban J connectivity index is 1.44. The second-order valence-electron chi connectivity index (χ2n) is 8.10. The minimum Gasteiger partial charge on any atom is -0.321 e. The van der Waals surface area contributed by atoms with Crippen LogP contribution in [0.5, 0.6) is 0 Å². The van der Waals surface area contributed by atoms with Gasteiger partial charge in [-0.1, -0.05) is 48.0 Å². The number of rotatable bonds is 9. The third-order valence-electron chi connectivity index (χ3n) is 5.38. The summed E-state index contributed by atoms with van der Waals surface area (Å²) < 4.78 is 14.3. The highest BCUT2D eigenvalue weighted by molar-refractivity contribution is 8.00. The summed E-state index contributed by atoms with van der Waals surface area (Å²) in [6.45, 7) is 0. The number of hydrogen-bond donors (Lipinski definition) is 2. The van der Waals surface area contributed by atoms with Gasteiger partial charge in [0.2, 0.25) is 0 Å². The number of Topliss-reactive ketones (excluding diaryl/α,β-unsaturated/α-hetero) is 1. The third kappa shape index (κ3) is 7.41. The van der Waals surface area contributed by atoms with Crippen molar-refractivity contribution in [2.45, 2.75) is 4.90 Å². The molecule has 38 heavy (non-hydrogen) atoms. The Bertz CT molecular complexity index is 1470. The predicted octanol–water partition coefficient (Wildman–Crippen LogP) is 6.86. The number of nitrogens with one attached hydrogen (secondary N) is 2. The standard InChI is InChI=1S/C30H22ClFN2O3S/c31-23-12-10-20(11-13-23)28(35)19-38-25-16-14-24(15-17-25)33-30(37)27(18-22-8-4-5-9-26(22)32)34-29(36)21-6-2-1-3-7-21/h1-18H,19H2,(H,33,37)(H,34,36)/b27-18-. The molecule has 0 saturated heterocycles. The molecule has 0 spiro atoms. The predicted molar refractivity (Wildman–Crippen MR) is 150 cm³/mol. The molecule has 0 heterocycles. The fraction of sp³-hybridized carbons (Fsp3) is 0.0333. The lowest BCUT2D eigenvalue weighted by atomic mass is 10.1. The molecule has 0 aliphatic heterocycles. The van der Waals surface area contributed by atoms with E-state index in [9.17, 15) is 18.8 Å². The Morgan fingerprint density at radius 1 is 0.789 bits per heavy atom. The van der Waals surface area contributed by atoms with E-state index < -0.39 is 17.6 Å².